The van der Waals surface area contributed by atoms with Gasteiger partial charge in [-0.2, -0.15) is 0 Å². The molecule has 0 amide bonds. The van der Waals surface area contributed by atoms with E-state index in [2.05, 4.69) is 25.5 Å². The minimum atomic E-state index is -0.934. The first-order valence-electron chi connectivity index (χ1n) is 4.91. The van der Waals surface area contributed by atoms with Crippen LogP contribution in [0.4, 0.5) is 0 Å². The monoisotopic (exact) mass is 205 g/mol. The number of nitrogens with one attached hydrogen (secondary N) is 1. The van der Waals surface area contributed by atoms with E-state index < -0.39 is 11.0 Å². The number of rotatable bonds is 4. The van der Waals surface area contributed by atoms with Gasteiger partial charge in [0, 0.05) is 6.04 Å². The highest BCUT2D eigenvalue weighted by Crippen LogP contribution is 2.11. The van der Waals surface area contributed by atoms with E-state index in [4.69, 9.17) is 0 Å². The molecule has 2 nitrogen and oxygen atoms in total. The topological polar surface area (TPSA) is 29.1 Å². The Bertz CT molecular complexity index is 172. The van der Waals surface area contributed by atoms with E-state index in [1.807, 2.05) is 20.8 Å². The summed E-state index contributed by atoms with van der Waals surface area (Å²) in [6.07, 6.45) is 1.07. The van der Waals surface area contributed by atoms with Gasteiger partial charge in [0.15, 0.2) is 0 Å². The Hall–Kier alpha value is 0.110. The zero-order valence-electron chi connectivity index (χ0n) is 9.68. The quantitative estimate of drug-likeness (QED) is 0.750. The third-order valence-corrected chi connectivity index (χ3v) is 3.42. The lowest BCUT2D eigenvalue weighted by molar-refractivity contribution is 0.491. The first-order valence-corrected chi connectivity index (χ1v) is 6.06. The summed E-state index contributed by atoms with van der Waals surface area (Å²) in [5.41, 5.74) is 0. The SMILES string of the molecule is CC(C)C[C@H](C)N[S@](=O)C(C)(C)C. The normalized spacial score (nSPS) is 17.5. The van der Waals surface area contributed by atoms with Crippen molar-refractivity contribution in [3.63, 3.8) is 0 Å². The second kappa shape index (κ2) is 5.11. The van der Waals surface area contributed by atoms with Gasteiger partial charge in [-0.15, -0.1) is 0 Å². The summed E-state index contributed by atoms with van der Waals surface area (Å²) >= 11 is 0. The Morgan fingerprint density at radius 2 is 1.69 bits per heavy atom. The Labute approximate surface area is 85.1 Å². The van der Waals surface area contributed by atoms with Crippen LogP contribution in [0, 0.1) is 5.92 Å². The van der Waals surface area contributed by atoms with E-state index in [0.29, 0.717) is 12.0 Å². The molecule has 0 fully saturated rings. The van der Waals surface area contributed by atoms with Gasteiger partial charge in [-0.3, -0.25) is 0 Å². The van der Waals surface area contributed by atoms with Crippen LogP contribution in [0.5, 0.6) is 0 Å². The second-order valence-corrected chi connectivity index (χ2v) is 7.03. The van der Waals surface area contributed by atoms with E-state index in [-0.39, 0.29) is 4.75 Å². The Kier molecular flexibility index (Phi) is 5.15. The van der Waals surface area contributed by atoms with Gasteiger partial charge < -0.3 is 0 Å². The first kappa shape index (κ1) is 13.1. The van der Waals surface area contributed by atoms with Crippen molar-refractivity contribution < 1.29 is 4.21 Å². The molecule has 0 aromatic heterocycles. The molecule has 0 bridgehead atoms. The van der Waals surface area contributed by atoms with Crippen LogP contribution >= 0.6 is 0 Å². The Morgan fingerprint density at radius 3 is 2.00 bits per heavy atom. The molecular weight excluding hydrogens is 182 g/mol. The van der Waals surface area contributed by atoms with Crippen LogP contribution in [0.3, 0.4) is 0 Å². The molecule has 0 spiro atoms. The molecule has 2 atom stereocenters. The predicted octanol–water partition coefficient (Wildman–Crippen LogP) is 2.47. The number of hydrogen-bond acceptors (Lipinski definition) is 1. The summed E-state index contributed by atoms with van der Waals surface area (Å²) in [5.74, 6) is 0.652. The molecule has 0 aromatic carbocycles. The molecule has 3 heteroatoms. The lowest BCUT2D eigenvalue weighted by Gasteiger charge is -2.22. The van der Waals surface area contributed by atoms with Gasteiger partial charge in [-0.25, -0.2) is 8.93 Å². The molecule has 0 heterocycles. The van der Waals surface area contributed by atoms with Gasteiger partial charge in [-0.1, -0.05) is 13.8 Å². The molecular formula is C10H23NOS. The molecule has 80 valence electrons. The fourth-order valence-electron chi connectivity index (χ4n) is 1.11. The van der Waals surface area contributed by atoms with E-state index in [9.17, 15) is 4.21 Å². The molecule has 0 aliphatic carbocycles. The minimum absolute atomic E-state index is 0.161. The summed E-state index contributed by atoms with van der Waals surface area (Å²) in [4.78, 5) is 0. The standard InChI is InChI=1S/C10H23NOS/c1-8(2)7-9(3)11-13(12)10(4,5)6/h8-9,11H,7H2,1-6H3/t9-,13+/m0/s1. The predicted molar refractivity (Wildman–Crippen MR) is 59.9 cm³/mol. The molecule has 0 unspecified atom stereocenters. The molecule has 0 aromatic rings. The molecule has 1 N–H and O–H groups in total. The summed E-state index contributed by atoms with van der Waals surface area (Å²) in [6.45, 7) is 12.4. The smallest absolute Gasteiger partial charge is 0.0972 e. The maximum absolute atomic E-state index is 11.7. The van der Waals surface area contributed by atoms with Crippen molar-refractivity contribution in [3.05, 3.63) is 0 Å². The van der Waals surface area contributed by atoms with Crippen LogP contribution in [0.25, 0.3) is 0 Å². The number of hydrogen-bond donors (Lipinski definition) is 1. The maximum Gasteiger partial charge on any atom is 0.0972 e. The minimum Gasteiger partial charge on any atom is -0.242 e. The van der Waals surface area contributed by atoms with Crippen LogP contribution in [0.2, 0.25) is 0 Å². The highest BCUT2D eigenvalue weighted by molar-refractivity contribution is 7.84. The van der Waals surface area contributed by atoms with Crippen LogP contribution in [0.1, 0.15) is 48.0 Å². The van der Waals surface area contributed by atoms with Gasteiger partial charge in [0.05, 0.1) is 15.7 Å². The van der Waals surface area contributed by atoms with E-state index in [1.165, 1.54) is 0 Å². The molecule has 0 saturated heterocycles. The molecule has 0 radical (unpaired) electrons. The first-order chi connectivity index (χ1) is 5.73. The van der Waals surface area contributed by atoms with Crippen molar-refractivity contribution in [1.29, 1.82) is 0 Å². The largest absolute Gasteiger partial charge is 0.242 e. The molecule has 0 aliphatic rings. The fraction of sp³-hybridized carbons (Fsp3) is 1.00. The molecule has 0 aliphatic heterocycles. The van der Waals surface area contributed by atoms with Gasteiger partial charge in [0.2, 0.25) is 0 Å². The zero-order valence-corrected chi connectivity index (χ0v) is 10.5. The second-order valence-electron chi connectivity index (χ2n) is 5.03. The van der Waals surface area contributed by atoms with E-state index in [0.717, 1.165) is 6.42 Å². The lowest BCUT2D eigenvalue weighted by atomic mass is 10.1. The van der Waals surface area contributed by atoms with Crippen LogP contribution in [0.15, 0.2) is 0 Å². The highest BCUT2D eigenvalue weighted by atomic mass is 32.2. The van der Waals surface area contributed by atoms with Crippen molar-refractivity contribution in [2.24, 2.45) is 5.92 Å². The third kappa shape index (κ3) is 6.22. The third-order valence-electron chi connectivity index (χ3n) is 1.69. The van der Waals surface area contributed by atoms with Gasteiger partial charge >= 0.3 is 0 Å². The fourth-order valence-corrected chi connectivity index (χ4v) is 1.93. The lowest BCUT2D eigenvalue weighted by Crippen LogP contribution is -2.38. The van der Waals surface area contributed by atoms with Crippen molar-refractivity contribution >= 4 is 11.0 Å². The van der Waals surface area contributed by atoms with Crippen molar-refractivity contribution in [2.75, 3.05) is 0 Å². The molecule has 0 rings (SSSR count). The van der Waals surface area contributed by atoms with Crippen LogP contribution in [-0.2, 0) is 11.0 Å². The summed E-state index contributed by atoms with van der Waals surface area (Å²) in [5, 5.41) is 0. The Morgan fingerprint density at radius 1 is 1.23 bits per heavy atom. The highest BCUT2D eigenvalue weighted by Gasteiger charge is 2.21. The molecule has 13 heavy (non-hydrogen) atoms. The maximum atomic E-state index is 11.7. The Balaban J connectivity index is 3.93. The average Bonchev–Trinajstić information content (AvgIpc) is 1.82. The van der Waals surface area contributed by atoms with E-state index in [1.54, 1.807) is 0 Å². The van der Waals surface area contributed by atoms with Crippen molar-refractivity contribution in [2.45, 2.75) is 58.8 Å². The average molecular weight is 205 g/mol. The molecule has 0 saturated carbocycles. The zero-order chi connectivity index (χ0) is 10.6. The summed E-state index contributed by atoms with van der Waals surface area (Å²) in [6, 6.07) is 0.333. The van der Waals surface area contributed by atoms with Crippen molar-refractivity contribution in [3.8, 4) is 0 Å². The van der Waals surface area contributed by atoms with E-state index >= 15 is 0 Å². The van der Waals surface area contributed by atoms with Crippen LogP contribution < -0.4 is 4.72 Å². The summed E-state index contributed by atoms with van der Waals surface area (Å²) in [7, 11) is -0.934. The van der Waals surface area contributed by atoms with Gasteiger partial charge in [0.25, 0.3) is 0 Å². The van der Waals surface area contributed by atoms with Gasteiger partial charge in [-0.05, 0) is 40.0 Å². The van der Waals surface area contributed by atoms with Crippen molar-refractivity contribution in [1.82, 2.24) is 4.72 Å². The van der Waals surface area contributed by atoms with Gasteiger partial charge in [0.1, 0.15) is 0 Å². The van der Waals surface area contributed by atoms with Crippen LogP contribution in [-0.4, -0.2) is 15.0 Å². The summed E-state index contributed by atoms with van der Waals surface area (Å²) < 4.78 is 14.6.